The van der Waals surface area contributed by atoms with Gasteiger partial charge in [0.05, 0.1) is 0 Å². The molecular formula is C15H28N2OS2. The number of hydrogen-bond donors (Lipinski definition) is 1. The van der Waals surface area contributed by atoms with Gasteiger partial charge in [0.15, 0.2) is 0 Å². The molecule has 2 rings (SSSR count). The molecule has 1 unspecified atom stereocenters. The van der Waals surface area contributed by atoms with Crippen LogP contribution >= 0.6 is 21.6 Å². The molecule has 1 N–H and O–H groups in total. The van der Waals surface area contributed by atoms with Gasteiger partial charge in [-0.3, -0.25) is 9.69 Å². The molecule has 0 saturated carbocycles. The lowest BCUT2D eigenvalue weighted by atomic mass is 10.1. The minimum atomic E-state index is 0.251. The third-order valence-electron chi connectivity index (χ3n) is 4.35. The van der Waals surface area contributed by atoms with Crippen LogP contribution in [0.3, 0.4) is 0 Å². The van der Waals surface area contributed by atoms with Crippen LogP contribution in [0.15, 0.2) is 0 Å². The van der Waals surface area contributed by atoms with Crippen molar-refractivity contribution in [2.45, 2.75) is 63.2 Å². The Morgan fingerprint density at radius 1 is 1.35 bits per heavy atom. The maximum Gasteiger partial charge on any atom is 0.220 e. The summed E-state index contributed by atoms with van der Waals surface area (Å²) in [5, 5.41) is 3.97. The Labute approximate surface area is 131 Å². The summed E-state index contributed by atoms with van der Waals surface area (Å²) in [7, 11) is 4.05. The van der Waals surface area contributed by atoms with Gasteiger partial charge >= 0.3 is 0 Å². The third kappa shape index (κ3) is 5.49. The molecule has 2 heterocycles. The molecule has 2 atom stereocenters. The van der Waals surface area contributed by atoms with E-state index < -0.39 is 0 Å². The number of carbonyl (C=O) groups is 1. The fourth-order valence-corrected chi connectivity index (χ4v) is 6.11. The molecule has 2 aliphatic rings. The number of rotatable bonds is 8. The first-order chi connectivity index (χ1) is 9.79. The molecule has 2 aliphatic heterocycles. The first-order valence-electron chi connectivity index (χ1n) is 8.08. The molecule has 0 aromatic heterocycles. The number of nitrogens with one attached hydrogen (secondary N) is 1. The Hall–Kier alpha value is 0.130. The van der Waals surface area contributed by atoms with Crippen LogP contribution in [0.1, 0.15) is 51.9 Å². The third-order valence-corrected chi connectivity index (χ3v) is 7.35. The summed E-state index contributed by atoms with van der Waals surface area (Å²) < 4.78 is 0. The maximum absolute atomic E-state index is 11.9. The average molecular weight is 317 g/mol. The van der Waals surface area contributed by atoms with E-state index in [2.05, 4.69) is 17.1 Å². The predicted octanol–water partition coefficient (Wildman–Crippen LogP) is 3.30. The van der Waals surface area contributed by atoms with Crippen molar-refractivity contribution in [1.29, 1.82) is 0 Å². The first kappa shape index (κ1) is 16.5. The predicted molar refractivity (Wildman–Crippen MR) is 90.2 cm³/mol. The van der Waals surface area contributed by atoms with Crippen LogP contribution in [0, 0.1) is 0 Å². The summed E-state index contributed by atoms with van der Waals surface area (Å²) in [6.45, 7) is 5.37. The van der Waals surface area contributed by atoms with Gasteiger partial charge in [-0.15, -0.1) is 0 Å². The second-order valence-corrected chi connectivity index (χ2v) is 8.59. The number of unbranched alkanes of at least 4 members (excludes halogenated alkanes) is 1. The number of likely N-dealkylation sites (tertiary alicyclic amines) is 1. The summed E-state index contributed by atoms with van der Waals surface area (Å²) in [6.07, 6.45) is 8.14. The maximum atomic E-state index is 11.9. The summed E-state index contributed by atoms with van der Waals surface area (Å²) >= 11 is 0. The van der Waals surface area contributed by atoms with E-state index in [0.717, 1.165) is 24.8 Å². The SMILES string of the molecule is CCN1CCCC1CNC(=O)CCCC[C@@H]1CCSS1. The molecule has 0 spiro atoms. The standard InChI is InChI=1S/C15H28N2OS2/c1-2-17-10-5-6-13(17)12-16-15(18)8-4-3-7-14-9-11-19-20-14/h13-14H,2-12H2,1H3,(H,16,18)/t13?,14-/m1/s1. The molecule has 20 heavy (non-hydrogen) atoms. The highest BCUT2D eigenvalue weighted by Gasteiger charge is 2.23. The van der Waals surface area contributed by atoms with Crippen LogP contribution in [0.4, 0.5) is 0 Å². The smallest absolute Gasteiger partial charge is 0.220 e. The van der Waals surface area contributed by atoms with Gasteiger partial charge in [0.2, 0.25) is 5.91 Å². The van der Waals surface area contributed by atoms with Crippen LogP contribution in [0.2, 0.25) is 0 Å². The number of carbonyl (C=O) groups excluding carboxylic acids is 1. The summed E-state index contributed by atoms with van der Waals surface area (Å²) in [6, 6.07) is 0.580. The molecule has 3 nitrogen and oxygen atoms in total. The molecule has 1 amide bonds. The van der Waals surface area contributed by atoms with Crippen LogP contribution < -0.4 is 5.32 Å². The fourth-order valence-electron chi connectivity index (χ4n) is 3.08. The van der Waals surface area contributed by atoms with Gasteiger partial charge in [0.25, 0.3) is 0 Å². The van der Waals surface area contributed by atoms with Gasteiger partial charge in [-0.1, -0.05) is 34.9 Å². The van der Waals surface area contributed by atoms with Crippen LogP contribution in [0.5, 0.6) is 0 Å². The summed E-state index contributed by atoms with van der Waals surface area (Å²) in [5.41, 5.74) is 0. The molecule has 0 radical (unpaired) electrons. The number of hydrogen-bond acceptors (Lipinski definition) is 4. The normalized spacial score (nSPS) is 27.1. The van der Waals surface area contributed by atoms with Crippen LogP contribution in [0.25, 0.3) is 0 Å². The second-order valence-electron chi connectivity index (χ2n) is 5.80. The van der Waals surface area contributed by atoms with Crippen molar-refractivity contribution < 1.29 is 4.79 Å². The van der Waals surface area contributed by atoms with Crippen LogP contribution in [-0.4, -0.2) is 47.5 Å². The average Bonchev–Trinajstić information content (AvgIpc) is 3.12. The lowest BCUT2D eigenvalue weighted by Crippen LogP contribution is -2.39. The lowest BCUT2D eigenvalue weighted by molar-refractivity contribution is -0.121. The highest BCUT2D eigenvalue weighted by atomic mass is 33.1. The first-order valence-corrected chi connectivity index (χ1v) is 10.5. The van der Waals surface area contributed by atoms with Gasteiger partial charge in [0, 0.05) is 30.0 Å². The zero-order valence-corrected chi connectivity index (χ0v) is 14.2. The number of nitrogens with zero attached hydrogens (tertiary/aromatic N) is 1. The number of likely N-dealkylation sites (N-methyl/N-ethyl adjacent to an activating group) is 1. The van der Waals surface area contributed by atoms with E-state index in [1.165, 1.54) is 44.4 Å². The molecule has 2 saturated heterocycles. The molecule has 2 fully saturated rings. The fraction of sp³-hybridized carbons (Fsp3) is 0.933. The van der Waals surface area contributed by atoms with Gasteiger partial charge in [-0.2, -0.15) is 0 Å². The van der Waals surface area contributed by atoms with Crippen molar-refractivity contribution in [3.8, 4) is 0 Å². The van der Waals surface area contributed by atoms with E-state index in [0.29, 0.717) is 12.5 Å². The van der Waals surface area contributed by atoms with Crippen LogP contribution in [-0.2, 0) is 4.79 Å². The van der Waals surface area contributed by atoms with E-state index in [9.17, 15) is 4.79 Å². The van der Waals surface area contributed by atoms with Crippen molar-refractivity contribution in [2.75, 3.05) is 25.4 Å². The zero-order valence-electron chi connectivity index (χ0n) is 12.6. The quantitative estimate of drug-likeness (QED) is 0.550. The topological polar surface area (TPSA) is 32.3 Å². The Balaban J connectivity index is 1.49. The Morgan fingerprint density at radius 2 is 2.25 bits per heavy atom. The molecule has 0 aromatic rings. The molecule has 0 bridgehead atoms. The molecular weight excluding hydrogens is 288 g/mol. The van der Waals surface area contributed by atoms with Gasteiger partial charge < -0.3 is 5.32 Å². The van der Waals surface area contributed by atoms with E-state index in [-0.39, 0.29) is 5.91 Å². The van der Waals surface area contributed by atoms with Gasteiger partial charge in [-0.05, 0) is 45.2 Å². The molecule has 0 aromatic carbocycles. The largest absolute Gasteiger partial charge is 0.355 e. The molecule has 116 valence electrons. The Kier molecular flexibility index (Phi) is 7.60. The minimum absolute atomic E-state index is 0.251. The van der Waals surface area contributed by atoms with E-state index in [1.807, 2.05) is 21.6 Å². The van der Waals surface area contributed by atoms with Gasteiger partial charge in [0.1, 0.15) is 0 Å². The summed E-state index contributed by atoms with van der Waals surface area (Å²) in [4.78, 5) is 14.3. The van der Waals surface area contributed by atoms with Crippen molar-refractivity contribution in [3.63, 3.8) is 0 Å². The van der Waals surface area contributed by atoms with Gasteiger partial charge in [-0.25, -0.2) is 0 Å². The van der Waals surface area contributed by atoms with E-state index >= 15 is 0 Å². The Morgan fingerprint density at radius 3 is 3.00 bits per heavy atom. The lowest BCUT2D eigenvalue weighted by Gasteiger charge is -2.22. The Bertz CT molecular complexity index is 296. The molecule has 0 aliphatic carbocycles. The second kappa shape index (κ2) is 9.21. The van der Waals surface area contributed by atoms with Crippen molar-refractivity contribution in [3.05, 3.63) is 0 Å². The van der Waals surface area contributed by atoms with E-state index in [4.69, 9.17) is 0 Å². The number of amides is 1. The van der Waals surface area contributed by atoms with Crippen molar-refractivity contribution in [1.82, 2.24) is 10.2 Å². The van der Waals surface area contributed by atoms with Crippen molar-refractivity contribution in [2.24, 2.45) is 0 Å². The minimum Gasteiger partial charge on any atom is -0.355 e. The summed E-state index contributed by atoms with van der Waals surface area (Å²) in [5.74, 6) is 1.56. The van der Waals surface area contributed by atoms with E-state index in [1.54, 1.807) is 0 Å². The highest BCUT2D eigenvalue weighted by Crippen LogP contribution is 2.39. The highest BCUT2D eigenvalue weighted by molar-refractivity contribution is 8.77. The molecule has 5 heteroatoms. The van der Waals surface area contributed by atoms with Crippen molar-refractivity contribution >= 4 is 27.5 Å². The monoisotopic (exact) mass is 316 g/mol. The zero-order chi connectivity index (χ0) is 14.2.